The minimum atomic E-state index is 0.559. The van der Waals surface area contributed by atoms with Crippen molar-refractivity contribution in [1.82, 2.24) is 29.9 Å². The highest BCUT2D eigenvalue weighted by Crippen LogP contribution is 2.25. The molecule has 0 saturated carbocycles. The molecule has 0 spiro atoms. The van der Waals surface area contributed by atoms with Crippen molar-refractivity contribution in [3.8, 4) is 0 Å². The molecule has 0 unspecified atom stereocenters. The molecule has 1 aromatic carbocycles. The number of rotatable bonds is 5. The summed E-state index contributed by atoms with van der Waals surface area (Å²) in [6.07, 6.45) is 6.83. The highest BCUT2D eigenvalue weighted by atomic mass is 15.2. The molecule has 0 aliphatic heterocycles. The molecule has 4 aromatic heterocycles. The molecule has 0 atom stereocenters. The van der Waals surface area contributed by atoms with E-state index >= 15 is 0 Å². The third kappa shape index (κ3) is 3.07. The number of aromatic nitrogens is 6. The summed E-state index contributed by atoms with van der Waals surface area (Å²) in [6, 6.07) is 13.9. The van der Waals surface area contributed by atoms with Gasteiger partial charge in [0.1, 0.15) is 17.7 Å². The van der Waals surface area contributed by atoms with Gasteiger partial charge in [0.05, 0.1) is 0 Å². The van der Waals surface area contributed by atoms with Crippen LogP contribution in [0.5, 0.6) is 0 Å². The lowest BCUT2D eigenvalue weighted by Gasteiger charge is -2.06. The van der Waals surface area contributed by atoms with E-state index in [1.165, 1.54) is 6.33 Å². The first-order chi connectivity index (χ1) is 13.9. The normalized spacial score (nSPS) is 11.0. The van der Waals surface area contributed by atoms with Gasteiger partial charge in [0.2, 0.25) is 5.95 Å². The lowest BCUT2D eigenvalue weighted by Crippen LogP contribution is -2.02. The molecule has 28 heavy (non-hydrogen) atoms. The molecule has 4 heterocycles. The van der Waals surface area contributed by atoms with Crippen molar-refractivity contribution in [2.45, 2.75) is 6.54 Å². The molecule has 8 heteroatoms. The Morgan fingerprint density at radius 2 is 1.86 bits per heavy atom. The SMILES string of the molecule is c1cncc(CNc2ncnc3nc(Nc4nccc5ccccc45)[nH]c23)c1. The summed E-state index contributed by atoms with van der Waals surface area (Å²) in [5, 5.41) is 8.69. The van der Waals surface area contributed by atoms with E-state index in [9.17, 15) is 0 Å². The molecule has 0 aliphatic rings. The molecule has 0 bridgehead atoms. The maximum Gasteiger partial charge on any atom is 0.208 e. The van der Waals surface area contributed by atoms with E-state index in [0.29, 0.717) is 24.0 Å². The highest BCUT2D eigenvalue weighted by molar-refractivity contribution is 5.93. The predicted molar refractivity (Wildman–Crippen MR) is 108 cm³/mol. The fourth-order valence-corrected chi connectivity index (χ4v) is 3.04. The van der Waals surface area contributed by atoms with Crippen LogP contribution in [0, 0.1) is 0 Å². The molecule has 136 valence electrons. The third-order valence-corrected chi connectivity index (χ3v) is 4.38. The minimum absolute atomic E-state index is 0.559. The van der Waals surface area contributed by atoms with Crippen LogP contribution in [0.25, 0.3) is 21.9 Å². The van der Waals surface area contributed by atoms with Gasteiger partial charge in [-0.2, -0.15) is 4.98 Å². The average molecular weight is 368 g/mol. The Hall–Kier alpha value is -4.07. The second-order valence-electron chi connectivity index (χ2n) is 6.23. The zero-order chi connectivity index (χ0) is 18.8. The van der Waals surface area contributed by atoms with Crippen molar-refractivity contribution in [1.29, 1.82) is 0 Å². The van der Waals surface area contributed by atoms with E-state index in [1.54, 1.807) is 12.4 Å². The zero-order valence-electron chi connectivity index (χ0n) is 14.8. The molecule has 0 radical (unpaired) electrons. The highest BCUT2D eigenvalue weighted by Gasteiger charge is 2.11. The Morgan fingerprint density at radius 1 is 0.893 bits per heavy atom. The number of hydrogen-bond acceptors (Lipinski definition) is 7. The molecule has 0 saturated heterocycles. The summed E-state index contributed by atoms with van der Waals surface area (Å²) in [5.41, 5.74) is 2.37. The number of H-pyrrole nitrogens is 1. The van der Waals surface area contributed by atoms with Gasteiger partial charge in [0.25, 0.3) is 0 Å². The average Bonchev–Trinajstić information content (AvgIpc) is 3.16. The molecule has 0 aliphatic carbocycles. The van der Waals surface area contributed by atoms with Crippen LogP contribution in [0.3, 0.4) is 0 Å². The number of benzene rings is 1. The van der Waals surface area contributed by atoms with Gasteiger partial charge in [-0.1, -0.05) is 30.3 Å². The third-order valence-electron chi connectivity index (χ3n) is 4.38. The van der Waals surface area contributed by atoms with Gasteiger partial charge in [0, 0.05) is 30.5 Å². The second kappa shape index (κ2) is 6.92. The first kappa shape index (κ1) is 16.1. The number of nitrogens with one attached hydrogen (secondary N) is 3. The number of nitrogens with zero attached hydrogens (tertiary/aromatic N) is 5. The van der Waals surface area contributed by atoms with E-state index in [1.807, 2.05) is 48.7 Å². The number of pyridine rings is 2. The van der Waals surface area contributed by atoms with Gasteiger partial charge >= 0.3 is 0 Å². The standard InChI is InChI=1S/C20H16N8/c1-2-6-15-14(5-1)7-9-22-17(15)27-20-26-16-18(24-12-25-19(16)28-20)23-11-13-4-3-8-21-10-13/h1-10,12H,11H2,(H3,22,23,24,25,26,27,28). The number of fused-ring (bicyclic) bond motifs is 2. The van der Waals surface area contributed by atoms with E-state index in [0.717, 1.165) is 27.7 Å². The molecular weight excluding hydrogens is 352 g/mol. The first-order valence-corrected chi connectivity index (χ1v) is 8.81. The van der Waals surface area contributed by atoms with Crippen LogP contribution in [0.4, 0.5) is 17.6 Å². The summed E-state index contributed by atoms with van der Waals surface area (Å²) in [7, 11) is 0. The molecule has 0 fully saturated rings. The predicted octanol–water partition coefficient (Wildman–Crippen LogP) is 3.65. The monoisotopic (exact) mass is 368 g/mol. The summed E-state index contributed by atoms with van der Waals surface area (Å²) in [6.45, 7) is 0.604. The Bertz CT molecular complexity index is 1240. The smallest absolute Gasteiger partial charge is 0.208 e. The van der Waals surface area contributed by atoms with Gasteiger partial charge in [-0.3, -0.25) is 4.98 Å². The molecular formula is C20H16N8. The second-order valence-corrected chi connectivity index (χ2v) is 6.23. The largest absolute Gasteiger partial charge is 0.364 e. The van der Waals surface area contributed by atoms with E-state index in [2.05, 4.69) is 40.5 Å². The van der Waals surface area contributed by atoms with Crippen LogP contribution < -0.4 is 10.6 Å². The fourth-order valence-electron chi connectivity index (χ4n) is 3.04. The Kier molecular flexibility index (Phi) is 3.98. The summed E-state index contributed by atoms with van der Waals surface area (Å²) in [4.78, 5) is 24.9. The number of anilines is 3. The number of hydrogen-bond donors (Lipinski definition) is 3. The van der Waals surface area contributed by atoms with E-state index < -0.39 is 0 Å². The lowest BCUT2D eigenvalue weighted by atomic mass is 10.1. The lowest BCUT2D eigenvalue weighted by molar-refractivity contribution is 1.08. The van der Waals surface area contributed by atoms with Crippen molar-refractivity contribution >= 4 is 39.5 Å². The van der Waals surface area contributed by atoms with Crippen LogP contribution in [0.15, 0.2) is 67.4 Å². The Balaban J connectivity index is 1.45. The van der Waals surface area contributed by atoms with Crippen molar-refractivity contribution in [3.63, 3.8) is 0 Å². The van der Waals surface area contributed by atoms with Gasteiger partial charge in [-0.25, -0.2) is 15.0 Å². The summed E-state index contributed by atoms with van der Waals surface area (Å²) in [5.74, 6) is 1.97. The Labute approximate surface area is 160 Å². The summed E-state index contributed by atoms with van der Waals surface area (Å²) < 4.78 is 0. The maximum atomic E-state index is 4.52. The van der Waals surface area contributed by atoms with Crippen LogP contribution in [-0.2, 0) is 6.54 Å². The molecule has 0 amide bonds. The van der Waals surface area contributed by atoms with Crippen LogP contribution in [0.2, 0.25) is 0 Å². The molecule has 8 nitrogen and oxygen atoms in total. The molecule has 5 rings (SSSR count). The topological polar surface area (TPSA) is 104 Å². The van der Waals surface area contributed by atoms with Crippen molar-refractivity contribution in [2.75, 3.05) is 10.6 Å². The van der Waals surface area contributed by atoms with E-state index in [4.69, 9.17) is 0 Å². The van der Waals surface area contributed by atoms with Gasteiger partial charge in [-0.05, 0) is 23.1 Å². The number of imidazole rings is 1. The van der Waals surface area contributed by atoms with Crippen LogP contribution >= 0.6 is 0 Å². The van der Waals surface area contributed by atoms with Crippen molar-refractivity contribution in [2.24, 2.45) is 0 Å². The van der Waals surface area contributed by atoms with Crippen LogP contribution in [0.1, 0.15) is 5.56 Å². The van der Waals surface area contributed by atoms with Crippen LogP contribution in [-0.4, -0.2) is 29.9 Å². The Morgan fingerprint density at radius 3 is 2.79 bits per heavy atom. The van der Waals surface area contributed by atoms with Crippen molar-refractivity contribution in [3.05, 3.63) is 72.9 Å². The van der Waals surface area contributed by atoms with Crippen molar-refractivity contribution < 1.29 is 0 Å². The van der Waals surface area contributed by atoms with E-state index in [-0.39, 0.29) is 0 Å². The van der Waals surface area contributed by atoms with Gasteiger partial charge in [-0.15, -0.1) is 0 Å². The quantitative estimate of drug-likeness (QED) is 0.435. The molecule has 5 aromatic rings. The fraction of sp³-hybridized carbons (Fsp3) is 0.0500. The zero-order valence-corrected chi connectivity index (χ0v) is 14.8. The molecule has 3 N–H and O–H groups in total. The maximum absolute atomic E-state index is 4.52. The van der Waals surface area contributed by atoms with Gasteiger partial charge < -0.3 is 15.6 Å². The summed E-state index contributed by atoms with van der Waals surface area (Å²) >= 11 is 0. The number of aromatic amines is 1. The first-order valence-electron chi connectivity index (χ1n) is 8.81. The minimum Gasteiger partial charge on any atom is -0.364 e. The van der Waals surface area contributed by atoms with Gasteiger partial charge in [0.15, 0.2) is 11.5 Å².